The first-order chi connectivity index (χ1) is 25.6. The molecule has 0 aromatic rings. The summed E-state index contributed by atoms with van der Waals surface area (Å²) in [5.74, 6) is -0.316. The van der Waals surface area contributed by atoms with Crippen molar-refractivity contribution in [2.45, 2.75) is 200 Å². The van der Waals surface area contributed by atoms with Crippen LogP contribution in [0.15, 0.2) is 24.3 Å². The zero-order valence-electron chi connectivity index (χ0n) is 35.5. The third kappa shape index (κ3) is 42.0. The van der Waals surface area contributed by atoms with E-state index in [0.717, 1.165) is 44.9 Å². The van der Waals surface area contributed by atoms with Gasteiger partial charge in [-0.15, -0.1) is 0 Å². The fourth-order valence-electron chi connectivity index (χ4n) is 6.05. The summed E-state index contributed by atoms with van der Waals surface area (Å²) < 4.78 is 35.0. The monoisotopic (exact) mass is 773 g/mol. The van der Waals surface area contributed by atoms with Gasteiger partial charge in [0.1, 0.15) is 19.3 Å². The van der Waals surface area contributed by atoms with Crippen LogP contribution in [0.3, 0.4) is 0 Å². The molecule has 0 spiro atoms. The summed E-state index contributed by atoms with van der Waals surface area (Å²) in [6, 6.07) is 0. The Bertz CT molecular complexity index is 905. The predicted molar refractivity (Wildman–Crippen MR) is 224 cm³/mol. The standard InChI is InChI=1S/C44H86NO7P/c1-6-8-10-12-14-16-18-20-22-23-24-26-28-30-32-34-36-39-49-41-43(42-51-53(47,48)50-40-38-45(3,4)5)52-44(46)37-35-33-31-29-27-25-21-19-17-15-13-11-9-7-2/h16,18,22-23,43H,6-15,17,19-21,24-42H2,1-5H3/p+1/b18-16-,23-22-. The average Bonchev–Trinajstić information content (AvgIpc) is 3.11. The van der Waals surface area contributed by atoms with Crippen molar-refractivity contribution in [3.63, 3.8) is 0 Å². The van der Waals surface area contributed by atoms with Crippen LogP contribution < -0.4 is 0 Å². The molecule has 0 aliphatic heterocycles. The molecule has 0 aromatic heterocycles. The smallest absolute Gasteiger partial charge is 0.457 e. The van der Waals surface area contributed by atoms with Crippen LogP contribution in [0.5, 0.6) is 0 Å². The van der Waals surface area contributed by atoms with Gasteiger partial charge in [-0.05, 0) is 44.9 Å². The molecule has 2 atom stereocenters. The summed E-state index contributed by atoms with van der Waals surface area (Å²) in [7, 11) is 1.67. The van der Waals surface area contributed by atoms with E-state index >= 15 is 0 Å². The number of ether oxygens (including phenoxy) is 2. The second-order valence-corrected chi connectivity index (χ2v) is 17.5. The van der Waals surface area contributed by atoms with Gasteiger partial charge in [0.25, 0.3) is 0 Å². The zero-order chi connectivity index (χ0) is 39.1. The number of allylic oxidation sites excluding steroid dienone is 4. The number of esters is 1. The highest BCUT2D eigenvalue weighted by Crippen LogP contribution is 2.43. The van der Waals surface area contributed by atoms with Gasteiger partial charge in [0.2, 0.25) is 0 Å². The highest BCUT2D eigenvalue weighted by Gasteiger charge is 2.26. The minimum atomic E-state index is -4.27. The van der Waals surface area contributed by atoms with Crippen LogP contribution in [0.1, 0.15) is 194 Å². The molecule has 0 rings (SSSR count). The average molecular weight is 773 g/mol. The minimum Gasteiger partial charge on any atom is -0.457 e. The van der Waals surface area contributed by atoms with Gasteiger partial charge >= 0.3 is 13.8 Å². The van der Waals surface area contributed by atoms with Crippen LogP contribution in [0.2, 0.25) is 0 Å². The number of hydrogen-bond acceptors (Lipinski definition) is 6. The third-order valence-corrected chi connectivity index (χ3v) is 10.5. The normalized spacial score (nSPS) is 14.0. The van der Waals surface area contributed by atoms with Crippen molar-refractivity contribution in [1.29, 1.82) is 0 Å². The van der Waals surface area contributed by atoms with E-state index in [9.17, 15) is 14.3 Å². The fraction of sp³-hybridized carbons (Fsp3) is 0.886. The van der Waals surface area contributed by atoms with Crippen molar-refractivity contribution in [2.75, 3.05) is 54.1 Å². The third-order valence-electron chi connectivity index (χ3n) is 9.52. The largest absolute Gasteiger partial charge is 0.472 e. The highest BCUT2D eigenvalue weighted by molar-refractivity contribution is 7.47. The molecule has 314 valence electrons. The molecule has 0 heterocycles. The van der Waals surface area contributed by atoms with Gasteiger partial charge in [0.05, 0.1) is 34.4 Å². The molecule has 53 heavy (non-hydrogen) atoms. The van der Waals surface area contributed by atoms with E-state index in [-0.39, 0.29) is 25.8 Å². The van der Waals surface area contributed by atoms with Crippen molar-refractivity contribution in [3.05, 3.63) is 24.3 Å². The van der Waals surface area contributed by atoms with Crippen LogP contribution in [0.4, 0.5) is 0 Å². The van der Waals surface area contributed by atoms with Gasteiger partial charge in [-0.25, -0.2) is 4.57 Å². The number of unbranched alkanes of at least 4 members (excludes halogenated alkanes) is 23. The van der Waals surface area contributed by atoms with Crippen molar-refractivity contribution in [3.8, 4) is 0 Å². The number of phosphoric acid groups is 1. The molecule has 0 saturated carbocycles. The molecular weight excluding hydrogens is 685 g/mol. The Hall–Kier alpha value is -1.02. The maximum atomic E-state index is 12.7. The maximum absolute atomic E-state index is 12.7. The van der Waals surface area contributed by atoms with E-state index < -0.39 is 13.9 Å². The number of carbonyl (C=O) groups is 1. The molecule has 0 fully saturated rings. The van der Waals surface area contributed by atoms with Crippen molar-refractivity contribution in [1.82, 2.24) is 0 Å². The van der Waals surface area contributed by atoms with E-state index in [0.29, 0.717) is 24.1 Å². The van der Waals surface area contributed by atoms with Crippen LogP contribution in [-0.4, -0.2) is 75.6 Å². The first-order valence-corrected chi connectivity index (χ1v) is 23.6. The minimum absolute atomic E-state index is 0.0883. The first kappa shape index (κ1) is 52.0. The molecule has 0 amide bonds. The number of rotatable bonds is 41. The lowest BCUT2D eigenvalue weighted by molar-refractivity contribution is -0.870. The molecule has 2 unspecified atom stereocenters. The molecule has 0 saturated heterocycles. The fourth-order valence-corrected chi connectivity index (χ4v) is 6.79. The second-order valence-electron chi connectivity index (χ2n) is 16.1. The van der Waals surface area contributed by atoms with Crippen molar-refractivity contribution in [2.24, 2.45) is 0 Å². The molecular formula is C44H87NO7P+. The van der Waals surface area contributed by atoms with Gasteiger partial charge in [-0.3, -0.25) is 13.8 Å². The number of quaternary nitrogens is 1. The lowest BCUT2D eigenvalue weighted by Crippen LogP contribution is -2.37. The number of phosphoric ester groups is 1. The summed E-state index contributed by atoms with van der Waals surface area (Å²) in [4.78, 5) is 22.9. The number of likely N-dealkylation sites (N-methyl/N-ethyl adjacent to an activating group) is 1. The Labute approximate surface area is 328 Å². The number of nitrogens with zero attached hydrogens (tertiary/aromatic N) is 1. The lowest BCUT2D eigenvalue weighted by atomic mass is 10.0. The Morgan fingerprint density at radius 3 is 1.55 bits per heavy atom. The van der Waals surface area contributed by atoms with E-state index in [1.165, 1.54) is 128 Å². The Balaban J connectivity index is 4.23. The summed E-state index contributed by atoms with van der Waals surface area (Å²) >= 11 is 0. The van der Waals surface area contributed by atoms with Gasteiger partial charge in [-0.1, -0.05) is 167 Å². The number of carbonyl (C=O) groups excluding carboxylic acids is 1. The van der Waals surface area contributed by atoms with Gasteiger partial charge in [0.15, 0.2) is 0 Å². The summed E-state index contributed by atoms with van der Waals surface area (Å²) in [5.41, 5.74) is 0. The van der Waals surface area contributed by atoms with Gasteiger partial charge < -0.3 is 18.9 Å². The van der Waals surface area contributed by atoms with Crippen LogP contribution in [0.25, 0.3) is 0 Å². The Kier molecular flexibility index (Phi) is 37.2. The van der Waals surface area contributed by atoms with Crippen molar-refractivity contribution >= 4 is 13.8 Å². The Morgan fingerprint density at radius 2 is 1.04 bits per heavy atom. The zero-order valence-corrected chi connectivity index (χ0v) is 36.4. The summed E-state index contributed by atoms with van der Waals surface area (Å²) in [6.07, 6.45) is 42.0. The second kappa shape index (κ2) is 37.9. The maximum Gasteiger partial charge on any atom is 0.472 e. The van der Waals surface area contributed by atoms with E-state index in [1.807, 2.05) is 21.1 Å². The molecule has 0 aliphatic rings. The predicted octanol–water partition coefficient (Wildman–Crippen LogP) is 12.8. The quantitative estimate of drug-likeness (QED) is 0.0217. The summed E-state index contributed by atoms with van der Waals surface area (Å²) in [5, 5.41) is 0. The van der Waals surface area contributed by atoms with E-state index in [1.54, 1.807) is 0 Å². The lowest BCUT2D eigenvalue weighted by Gasteiger charge is -2.24. The topological polar surface area (TPSA) is 91.3 Å². The van der Waals surface area contributed by atoms with Gasteiger partial charge in [0, 0.05) is 13.0 Å². The molecule has 0 radical (unpaired) electrons. The molecule has 1 N–H and O–H groups in total. The molecule has 0 aromatic carbocycles. The van der Waals surface area contributed by atoms with Crippen molar-refractivity contribution < 1.29 is 37.3 Å². The first-order valence-electron chi connectivity index (χ1n) is 22.1. The Morgan fingerprint density at radius 1 is 0.585 bits per heavy atom. The molecule has 9 heteroatoms. The van der Waals surface area contributed by atoms with Gasteiger partial charge in [-0.2, -0.15) is 0 Å². The van der Waals surface area contributed by atoms with Crippen LogP contribution >= 0.6 is 7.82 Å². The molecule has 0 bridgehead atoms. The van der Waals surface area contributed by atoms with E-state index in [4.69, 9.17) is 18.5 Å². The van der Waals surface area contributed by atoms with Crippen LogP contribution in [0, 0.1) is 0 Å². The number of hydrogen-bond donors (Lipinski definition) is 1. The SMILES string of the molecule is CCCCCC/C=C\C/C=C\CCCCCCCCOCC(COP(=O)(O)OCC[N+](C)(C)C)OC(=O)CCCCCCCCCCCCCCCC. The highest BCUT2D eigenvalue weighted by atomic mass is 31.2. The van der Waals surface area contributed by atoms with E-state index in [2.05, 4.69) is 38.2 Å². The molecule has 8 nitrogen and oxygen atoms in total. The summed E-state index contributed by atoms with van der Waals surface area (Å²) in [6.45, 7) is 5.60. The van der Waals surface area contributed by atoms with Crippen LogP contribution in [-0.2, 0) is 27.9 Å². The molecule has 0 aliphatic carbocycles.